The van der Waals surface area contributed by atoms with Crippen LogP contribution in [0, 0.1) is 6.92 Å². The van der Waals surface area contributed by atoms with E-state index in [-0.39, 0.29) is 18.9 Å². The maximum Gasteiger partial charge on any atom is 0.184 e. The van der Waals surface area contributed by atoms with Crippen molar-refractivity contribution in [2.24, 2.45) is 0 Å². The molecule has 6 heterocycles. The average Bonchev–Trinajstić information content (AvgIpc) is 1.60. The van der Waals surface area contributed by atoms with E-state index in [2.05, 4.69) is 453 Å². The van der Waals surface area contributed by atoms with Crippen molar-refractivity contribution < 1.29 is 28.4 Å². The van der Waals surface area contributed by atoms with Gasteiger partial charge in [-0.25, -0.2) is 0 Å². The third kappa shape index (κ3) is 16.2. The van der Waals surface area contributed by atoms with Crippen LogP contribution in [-0.2, 0) is 28.4 Å². The molecule has 0 saturated carbocycles. The van der Waals surface area contributed by atoms with Crippen LogP contribution in [0.2, 0.25) is 0 Å². The van der Waals surface area contributed by atoms with E-state index in [4.69, 9.17) is 28.4 Å². The Kier molecular flexibility index (Phi) is 22.0. The Hall–Kier alpha value is -15.1. The molecule has 0 spiro atoms. The zero-order valence-corrected chi connectivity index (χ0v) is 69.5. The molecule has 20 aromatic rings. The molecule has 0 atom stereocenters. The van der Waals surface area contributed by atoms with Gasteiger partial charge >= 0.3 is 0 Å². The van der Waals surface area contributed by atoms with Gasteiger partial charge in [-0.1, -0.05) is 206 Å². The molecule has 3 N–H and O–H groups in total. The quantitative estimate of drug-likeness (QED) is 0.0719. The molecule has 3 aliphatic heterocycles. The smallest absolute Gasteiger partial charge is 0.184 e. The van der Waals surface area contributed by atoms with Crippen LogP contribution < -0.4 is 25.8 Å². The number of aryl methyl sites for hydroxylation is 1. The summed E-state index contributed by atoms with van der Waals surface area (Å²) in [5, 5.41) is 18.1. The van der Waals surface area contributed by atoms with Gasteiger partial charge in [-0.2, -0.15) is 0 Å². The zero-order chi connectivity index (χ0) is 84.1. The van der Waals surface area contributed by atoms with Gasteiger partial charge in [0.1, 0.15) is 0 Å². The molecule has 23 rings (SSSR count). The van der Waals surface area contributed by atoms with Gasteiger partial charge in [0.25, 0.3) is 0 Å². The largest absolute Gasteiger partial charge is 0.356 e. The molecule has 14 heteroatoms. The predicted octanol–water partition coefficient (Wildman–Crippen LogP) is 28.6. The van der Waals surface area contributed by atoms with Crippen molar-refractivity contribution in [3.05, 3.63) is 441 Å². The first-order valence-electron chi connectivity index (χ1n) is 43.0. The van der Waals surface area contributed by atoms with E-state index in [1.54, 1.807) is 0 Å². The van der Waals surface area contributed by atoms with Crippen molar-refractivity contribution in [2.45, 2.75) is 25.8 Å². The maximum atomic E-state index is 5.70. The van der Waals surface area contributed by atoms with Crippen molar-refractivity contribution in [1.82, 2.24) is 13.7 Å². The van der Waals surface area contributed by atoms with Crippen molar-refractivity contribution in [2.75, 3.05) is 65.4 Å². The van der Waals surface area contributed by atoms with Crippen LogP contribution in [0.1, 0.15) is 41.1 Å². The number of benzene rings is 17. The van der Waals surface area contributed by atoms with Gasteiger partial charge in [-0.15, -0.1) is 0 Å². The van der Waals surface area contributed by atoms with Crippen LogP contribution in [0.3, 0.4) is 0 Å². The summed E-state index contributed by atoms with van der Waals surface area (Å²) in [7, 11) is 0. The van der Waals surface area contributed by atoms with Gasteiger partial charge in [0.05, 0.1) is 72.7 Å². The van der Waals surface area contributed by atoms with Crippen LogP contribution >= 0.6 is 0 Å². The van der Waals surface area contributed by atoms with Crippen molar-refractivity contribution in [3.8, 4) is 28.2 Å². The molecule has 126 heavy (non-hydrogen) atoms. The highest BCUT2D eigenvalue weighted by atomic mass is 16.7. The maximum absolute atomic E-state index is 5.70. The molecule has 0 bridgehead atoms. The molecule has 0 unspecified atom stereocenters. The first-order valence-corrected chi connectivity index (χ1v) is 43.0. The highest BCUT2D eigenvalue weighted by Crippen LogP contribution is 2.43. The Morgan fingerprint density at radius 2 is 0.444 bits per heavy atom. The summed E-state index contributed by atoms with van der Waals surface area (Å²) in [5.41, 5.74) is 30.2. The Morgan fingerprint density at radius 1 is 0.214 bits per heavy atom. The Bertz CT molecular complexity index is 7080. The Balaban J connectivity index is 0.000000118. The summed E-state index contributed by atoms with van der Waals surface area (Å²) in [6.07, 6.45) is -0.802. The van der Waals surface area contributed by atoms with E-state index in [0.29, 0.717) is 39.6 Å². The lowest BCUT2D eigenvalue weighted by molar-refractivity contribution is -0.0443. The molecule has 3 saturated heterocycles. The van der Waals surface area contributed by atoms with Crippen LogP contribution in [0.5, 0.6) is 0 Å². The standard InChI is InChI=1S/C45H35N3O2.C39H31N3O2.C28H24N2O2/c1-3-9-37(10-4-1)47(38-11-5-2-6-12-38)39-24-17-33(18-25-39)32-15-21-35(22-16-32)46-36-23-28-44-42(31-36)41-13-7-8-14-43(41)48(44)40-26-19-34(20-27-40)45-49-29-30-50-45;1-3-9-31(10-4-1)41(32-11-5-2-6-12-32)33-22-17-29(18-23-33)40-30-19-24-38-36(27-30)35-13-7-8-14-37(35)42(38)34-20-15-28(16-21-34)39-43-25-26-44-39;1-19-6-10-21(11-7-19)29-22-12-15-27-25(18-22)24-4-2-3-5-26(24)30(27)23-13-8-20(9-14-23)28-31-16-17-32-28/h1-28,31,45-46H,29-30H2;1-24,27,39-40H,25-26H2;2-15,18,28-29H,16-17H2,1H3. The fourth-order valence-electron chi connectivity index (χ4n) is 17.6. The Morgan fingerprint density at radius 3 is 0.746 bits per heavy atom. The van der Waals surface area contributed by atoms with Gasteiger partial charge in [-0.05, 0) is 236 Å². The summed E-state index contributed by atoms with van der Waals surface area (Å²) in [6.45, 7) is 5.95. The molecular formula is C112H90N8O6. The number of aromatic nitrogens is 3. The van der Waals surface area contributed by atoms with Crippen LogP contribution in [0.15, 0.2) is 419 Å². The summed E-state index contributed by atoms with van der Waals surface area (Å²) in [5.74, 6) is 0. The van der Waals surface area contributed by atoms with Gasteiger partial charge < -0.3 is 67.9 Å². The molecule has 0 radical (unpaired) electrons. The van der Waals surface area contributed by atoms with Crippen LogP contribution in [0.4, 0.5) is 68.2 Å². The van der Waals surface area contributed by atoms with Gasteiger partial charge in [0, 0.05) is 134 Å². The van der Waals surface area contributed by atoms with Gasteiger partial charge in [0.15, 0.2) is 18.9 Å². The highest BCUT2D eigenvalue weighted by molar-refractivity contribution is 6.13. The number of anilines is 12. The normalized spacial score (nSPS) is 13.6. The van der Waals surface area contributed by atoms with Crippen molar-refractivity contribution in [1.29, 1.82) is 0 Å². The highest BCUT2D eigenvalue weighted by Gasteiger charge is 2.25. The Labute approximate surface area is 731 Å². The average molecular weight is 1640 g/mol. The minimum Gasteiger partial charge on any atom is -0.356 e. The van der Waals surface area contributed by atoms with E-state index >= 15 is 0 Å². The van der Waals surface area contributed by atoms with Crippen LogP contribution in [0.25, 0.3) is 93.6 Å². The zero-order valence-electron chi connectivity index (χ0n) is 69.5. The third-order valence-electron chi connectivity index (χ3n) is 23.6. The predicted molar refractivity (Wildman–Crippen MR) is 515 cm³/mol. The first-order chi connectivity index (χ1) is 62.4. The summed E-state index contributed by atoms with van der Waals surface area (Å²) in [4.78, 5) is 4.55. The van der Waals surface area contributed by atoms with Crippen molar-refractivity contribution in [3.63, 3.8) is 0 Å². The number of hydrogen-bond acceptors (Lipinski definition) is 11. The molecule has 17 aromatic carbocycles. The van der Waals surface area contributed by atoms with E-state index < -0.39 is 0 Å². The number of fused-ring (bicyclic) bond motifs is 9. The van der Waals surface area contributed by atoms with E-state index in [1.165, 1.54) is 71.1 Å². The second kappa shape index (κ2) is 35.4. The third-order valence-corrected chi connectivity index (χ3v) is 23.6. The fraction of sp³-hybridized carbons (Fsp3) is 0.0893. The minimum atomic E-state index is -0.277. The van der Waals surface area contributed by atoms with Crippen molar-refractivity contribution >= 4 is 134 Å². The molecule has 614 valence electrons. The van der Waals surface area contributed by atoms with E-state index in [9.17, 15) is 0 Å². The second-order valence-electron chi connectivity index (χ2n) is 31.7. The van der Waals surface area contributed by atoms with Crippen LogP contribution in [-0.4, -0.2) is 53.3 Å². The first kappa shape index (κ1) is 78.2. The number of rotatable bonds is 19. The molecule has 14 nitrogen and oxygen atoms in total. The van der Waals surface area contributed by atoms with Gasteiger partial charge in [-0.3, -0.25) is 0 Å². The molecular weight excluding hydrogens is 1550 g/mol. The lowest BCUT2D eigenvalue weighted by atomic mass is 10.0. The van der Waals surface area contributed by atoms with E-state index in [1.807, 2.05) is 12.1 Å². The summed E-state index contributed by atoms with van der Waals surface area (Å²) < 4.78 is 41.0. The molecule has 3 fully saturated rings. The molecule has 3 aromatic heterocycles. The number of hydrogen-bond donors (Lipinski definition) is 3. The number of para-hydroxylation sites is 7. The number of nitrogens with zero attached hydrogens (tertiary/aromatic N) is 5. The summed E-state index contributed by atoms with van der Waals surface area (Å²) >= 11 is 0. The monoisotopic (exact) mass is 1640 g/mol. The lowest BCUT2D eigenvalue weighted by Gasteiger charge is -2.25. The number of nitrogens with one attached hydrogen (secondary N) is 3. The molecule has 3 aliphatic rings. The van der Waals surface area contributed by atoms with Gasteiger partial charge in [0.2, 0.25) is 0 Å². The minimum absolute atomic E-state index is 0.252. The topological polar surface area (TPSA) is 113 Å². The fourth-order valence-corrected chi connectivity index (χ4v) is 17.6. The lowest BCUT2D eigenvalue weighted by Crippen LogP contribution is -2.09. The number of ether oxygens (including phenoxy) is 6. The SMILES string of the molecule is Cc1ccc(Nc2ccc3c(c2)c2ccccc2n3-c2ccc(C3OCCO3)cc2)cc1.c1ccc(N(c2ccccc2)c2ccc(-c3ccc(Nc4ccc5c(c4)c4ccccc4n5-c4ccc(C5OCCO5)cc4)cc3)cc2)cc1.c1ccc(N(c2ccccc2)c2ccc(Nc3ccc4c(c3)c3ccccc3n4-c3ccc(C4OCCO4)cc3)cc2)cc1. The summed E-state index contributed by atoms with van der Waals surface area (Å²) in [6, 6.07) is 147. The molecule has 0 amide bonds. The molecule has 0 aliphatic carbocycles. The van der Waals surface area contributed by atoms with E-state index in [0.717, 1.165) is 113 Å². The second-order valence-corrected chi connectivity index (χ2v) is 31.7.